The van der Waals surface area contributed by atoms with E-state index < -0.39 is 0 Å². The van der Waals surface area contributed by atoms with Gasteiger partial charge in [-0.3, -0.25) is 0 Å². The highest BCUT2D eigenvalue weighted by atomic mass is 16.5. The van der Waals surface area contributed by atoms with Gasteiger partial charge in [0.25, 0.3) is 0 Å². The second-order valence-corrected chi connectivity index (χ2v) is 6.92. The first-order valence-corrected chi connectivity index (χ1v) is 9.79. The minimum atomic E-state index is 0.00775. The highest BCUT2D eigenvalue weighted by Gasteiger charge is 2.29. The molecule has 1 aromatic heterocycles. The maximum absolute atomic E-state index is 12.2. The van der Waals surface area contributed by atoms with Crippen LogP contribution in [0, 0.1) is 0 Å². The molecule has 0 unspecified atom stereocenters. The summed E-state index contributed by atoms with van der Waals surface area (Å²) >= 11 is 0. The Morgan fingerprint density at radius 3 is 2.73 bits per heavy atom. The van der Waals surface area contributed by atoms with Gasteiger partial charge in [-0.15, -0.1) is 0 Å². The van der Waals surface area contributed by atoms with Gasteiger partial charge in [-0.05, 0) is 39.0 Å². The Hall–Kier alpha value is -1.67. The van der Waals surface area contributed by atoms with Gasteiger partial charge in [-0.1, -0.05) is 5.16 Å². The van der Waals surface area contributed by atoms with Crippen LogP contribution in [0.4, 0.5) is 4.79 Å². The van der Waals surface area contributed by atoms with Crippen LogP contribution in [0.15, 0.2) is 4.52 Å². The molecule has 2 aliphatic rings. The number of rotatable bonds is 7. The third kappa shape index (κ3) is 5.17. The Morgan fingerprint density at radius 1 is 1.23 bits per heavy atom. The molecule has 3 heterocycles. The zero-order chi connectivity index (χ0) is 18.2. The van der Waals surface area contributed by atoms with Crippen molar-refractivity contribution < 1.29 is 18.8 Å². The number of aromatic nitrogens is 2. The lowest BCUT2D eigenvalue weighted by Crippen LogP contribution is -2.44. The van der Waals surface area contributed by atoms with Crippen LogP contribution >= 0.6 is 0 Å². The summed E-state index contributed by atoms with van der Waals surface area (Å²) in [6, 6.07) is 0.00775. The number of nitrogens with one attached hydrogen (secondary N) is 1. The molecule has 0 bridgehead atoms. The summed E-state index contributed by atoms with van der Waals surface area (Å²) in [5.41, 5.74) is 0. The molecule has 146 valence electrons. The van der Waals surface area contributed by atoms with Gasteiger partial charge in [-0.25, -0.2) is 4.79 Å². The average molecular weight is 366 g/mol. The van der Waals surface area contributed by atoms with Crippen LogP contribution in [0.3, 0.4) is 0 Å². The minimum Gasteiger partial charge on any atom is -0.382 e. The smallest absolute Gasteiger partial charge is 0.317 e. The Bertz CT molecular complexity index is 551. The Balaban J connectivity index is 1.40. The third-order valence-electron chi connectivity index (χ3n) is 5.12. The number of amides is 2. The number of urea groups is 1. The maximum Gasteiger partial charge on any atom is 0.317 e. The van der Waals surface area contributed by atoms with E-state index in [1.54, 1.807) is 0 Å². The van der Waals surface area contributed by atoms with Crippen LogP contribution in [-0.2, 0) is 9.47 Å². The lowest BCUT2D eigenvalue weighted by atomic mass is 9.96. The molecule has 2 amide bonds. The highest BCUT2D eigenvalue weighted by Crippen LogP contribution is 2.30. The number of hydrogen-bond acceptors (Lipinski definition) is 6. The molecular formula is C18H30N4O4. The zero-order valence-electron chi connectivity index (χ0n) is 15.6. The Kier molecular flexibility index (Phi) is 7.25. The van der Waals surface area contributed by atoms with Crippen LogP contribution in [0.25, 0.3) is 0 Å². The average Bonchev–Trinajstić information content (AvgIpc) is 3.19. The normalized spacial score (nSPS) is 19.7. The predicted octanol–water partition coefficient (Wildman–Crippen LogP) is 2.28. The molecule has 1 aromatic rings. The summed E-state index contributed by atoms with van der Waals surface area (Å²) in [7, 11) is 0. The van der Waals surface area contributed by atoms with Gasteiger partial charge in [0.05, 0.1) is 0 Å². The molecule has 0 atom stereocenters. The van der Waals surface area contributed by atoms with Crippen LogP contribution < -0.4 is 5.32 Å². The number of piperidine rings is 1. The summed E-state index contributed by atoms with van der Waals surface area (Å²) < 4.78 is 16.2. The topological polar surface area (TPSA) is 89.7 Å². The van der Waals surface area contributed by atoms with E-state index in [-0.39, 0.29) is 11.9 Å². The quantitative estimate of drug-likeness (QED) is 0.745. The van der Waals surface area contributed by atoms with Crippen molar-refractivity contribution in [2.75, 3.05) is 46.1 Å². The van der Waals surface area contributed by atoms with E-state index in [2.05, 4.69) is 15.5 Å². The van der Waals surface area contributed by atoms with Gasteiger partial charge in [0.2, 0.25) is 5.89 Å². The summed E-state index contributed by atoms with van der Waals surface area (Å²) in [6.07, 6.45) is 4.48. The lowest BCUT2D eigenvalue weighted by Gasteiger charge is -2.30. The second kappa shape index (κ2) is 9.87. The summed E-state index contributed by atoms with van der Waals surface area (Å²) in [6.45, 7) is 7.00. The van der Waals surface area contributed by atoms with Gasteiger partial charge in [0, 0.05) is 57.9 Å². The molecule has 0 radical (unpaired) electrons. The summed E-state index contributed by atoms with van der Waals surface area (Å²) in [5.74, 6) is 2.14. The number of hydrogen-bond donors (Lipinski definition) is 1. The highest BCUT2D eigenvalue weighted by molar-refractivity contribution is 5.74. The molecule has 0 saturated carbocycles. The van der Waals surface area contributed by atoms with E-state index in [1.165, 1.54) is 0 Å². The minimum absolute atomic E-state index is 0.00775. The first kappa shape index (κ1) is 19.1. The standard InChI is InChI=1S/C18H30N4O4/c1-2-24-11-3-8-19-18(23)22-9-4-15(5-10-22)17-20-16(21-26-17)14-6-12-25-13-7-14/h14-15H,2-13H2,1H3,(H,19,23). The SMILES string of the molecule is CCOCCCNC(=O)N1CCC(c2nc(C3CCOCC3)no2)CC1. The molecule has 2 saturated heterocycles. The van der Waals surface area contributed by atoms with Crippen molar-refractivity contribution >= 4 is 6.03 Å². The number of carbonyl (C=O) groups is 1. The molecule has 8 heteroatoms. The molecule has 0 aromatic carbocycles. The van der Waals surface area contributed by atoms with Crippen LogP contribution in [0.2, 0.25) is 0 Å². The molecular weight excluding hydrogens is 336 g/mol. The predicted molar refractivity (Wildman–Crippen MR) is 95.1 cm³/mol. The number of ether oxygens (including phenoxy) is 2. The fourth-order valence-electron chi connectivity index (χ4n) is 3.49. The fourth-order valence-corrected chi connectivity index (χ4v) is 3.49. The number of carbonyl (C=O) groups excluding carboxylic acids is 1. The fraction of sp³-hybridized carbons (Fsp3) is 0.833. The van der Waals surface area contributed by atoms with E-state index in [1.807, 2.05) is 11.8 Å². The van der Waals surface area contributed by atoms with Gasteiger partial charge in [0.15, 0.2) is 5.82 Å². The van der Waals surface area contributed by atoms with Crippen molar-refractivity contribution in [3.8, 4) is 0 Å². The van der Waals surface area contributed by atoms with Crippen molar-refractivity contribution in [3.05, 3.63) is 11.7 Å². The van der Waals surface area contributed by atoms with Gasteiger partial charge in [-0.2, -0.15) is 4.98 Å². The molecule has 0 aliphatic carbocycles. The lowest BCUT2D eigenvalue weighted by molar-refractivity contribution is 0.0830. The van der Waals surface area contributed by atoms with Crippen molar-refractivity contribution in [1.29, 1.82) is 0 Å². The Morgan fingerprint density at radius 2 is 2.00 bits per heavy atom. The zero-order valence-corrected chi connectivity index (χ0v) is 15.6. The second-order valence-electron chi connectivity index (χ2n) is 6.92. The van der Waals surface area contributed by atoms with E-state index >= 15 is 0 Å². The van der Waals surface area contributed by atoms with Crippen molar-refractivity contribution in [3.63, 3.8) is 0 Å². The molecule has 8 nitrogen and oxygen atoms in total. The summed E-state index contributed by atoms with van der Waals surface area (Å²) in [5, 5.41) is 7.14. The summed E-state index contributed by atoms with van der Waals surface area (Å²) in [4.78, 5) is 18.7. The molecule has 2 fully saturated rings. The molecule has 0 spiro atoms. The first-order chi connectivity index (χ1) is 12.8. The molecule has 1 N–H and O–H groups in total. The van der Waals surface area contributed by atoms with Gasteiger partial charge in [0.1, 0.15) is 0 Å². The third-order valence-corrected chi connectivity index (χ3v) is 5.12. The Labute approximate surface area is 154 Å². The van der Waals surface area contributed by atoms with E-state index in [0.717, 1.165) is 70.1 Å². The van der Waals surface area contributed by atoms with Crippen molar-refractivity contribution in [2.24, 2.45) is 0 Å². The maximum atomic E-state index is 12.2. The molecule has 2 aliphatic heterocycles. The monoisotopic (exact) mass is 366 g/mol. The van der Waals surface area contributed by atoms with Gasteiger partial charge >= 0.3 is 6.03 Å². The van der Waals surface area contributed by atoms with Crippen molar-refractivity contribution in [1.82, 2.24) is 20.4 Å². The first-order valence-electron chi connectivity index (χ1n) is 9.79. The molecule has 26 heavy (non-hydrogen) atoms. The molecule has 3 rings (SSSR count). The number of likely N-dealkylation sites (tertiary alicyclic amines) is 1. The van der Waals surface area contributed by atoms with E-state index in [9.17, 15) is 4.79 Å². The largest absolute Gasteiger partial charge is 0.382 e. The van der Waals surface area contributed by atoms with E-state index in [0.29, 0.717) is 25.7 Å². The number of nitrogens with zero attached hydrogens (tertiary/aromatic N) is 3. The van der Waals surface area contributed by atoms with Gasteiger partial charge < -0.3 is 24.2 Å². The van der Waals surface area contributed by atoms with Crippen LogP contribution in [-0.4, -0.2) is 67.1 Å². The van der Waals surface area contributed by atoms with Crippen molar-refractivity contribution in [2.45, 2.75) is 50.9 Å². The van der Waals surface area contributed by atoms with Crippen LogP contribution in [0.5, 0.6) is 0 Å². The van der Waals surface area contributed by atoms with E-state index in [4.69, 9.17) is 14.0 Å². The van der Waals surface area contributed by atoms with Crippen LogP contribution in [0.1, 0.15) is 62.6 Å².